The molecule has 0 bridgehead atoms. The molecule has 0 radical (unpaired) electrons. The van der Waals surface area contributed by atoms with Crippen LogP contribution in [0.3, 0.4) is 0 Å². The summed E-state index contributed by atoms with van der Waals surface area (Å²) in [5.41, 5.74) is 0.879. The van der Waals surface area contributed by atoms with E-state index >= 15 is 0 Å². The summed E-state index contributed by atoms with van der Waals surface area (Å²) in [5, 5.41) is 18.1. The van der Waals surface area contributed by atoms with Gasteiger partial charge in [-0.3, -0.25) is 0 Å². The molecule has 5 nitrogen and oxygen atoms in total. The normalized spacial score (nSPS) is 18.9. The third kappa shape index (κ3) is 3.64. The summed E-state index contributed by atoms with van der Waals surface area (Å²) in [6.45, 7) is 2.21. The number of nitrogens with one attached hydrogen (secondary N) is 3. The molecule has 1 fully saturated rings. The molecular weight excluding hydrogens is 218 g/mol. The van der Waals surface area contributed by atoms with Crippen molar-refractivity contribution >= 4 is 6.03 Å². The Morgan fingerprint density at radius 3 is 3.12 bits per heavy atom. The lowest BCUT2D eigenvalue weighted by Gasteiger charge is -2.12. The van der Waals surface area contributed by atoms with Crippen LogP contribution in [0.1, 0.15) is 12.0 Å². The van der Waals surface area contributed by atoms with Gasteiger partial charge < -0.3 is 21.1 Å². The smallest absolute Gasteiger partial charge is 0.315 e. The average Bonchev–Trinajstić information content (AvgIpc) is 2.79. The molecule has 92 valence electrons. The molecule has 0 aromatic heterocycles. The Kier molecular flexibility index (Phi) is 3.82. The molecule has 0 spiro atoms. The van der Waals surface area contributed by atoms with Crippen molar-refractivity contribution in [3.63, 3.8) is 0 Å². The van der Waals surface area contributed by atoms with E-state index < -0.39 is 0 Å². The first kappa shape index (κ1) is 11.7. The molecule has 0 saturated carbocycles. The molecule has 4 N–H and O–H groups in total. The van der Waals surface area contributed by atoms with Gasteiger partial charge in [0.2, 0.25) is 0 Å². The van der Waals surface area contributed by atoms with E-state index in [2.05, 4.69) is 16.0 Å². The number of carbonyl (C=O) groups excluding carboxylic acids is 1. The average molecular weight is 235 g/mol. The van der Waals surface area contributed by atoms with Crippen molar-refractivity contribution in [2.24, 2.45) is 0 Å². The second kappa shape index (κ2) is 5.54. The highest BCUT2D eigenvalue weighted by Crippen LogP contribution is 2.10. The molecule has 1 atom stereocenters. The van der Waals surface area contributed by atoms with E-state index in [4.69, 9.17) is 0 Å². The largest absolute Gasteiger partial charge is 0.508 e. The fraction of sp³-hybridized carbons (Fsp3) is 0.417. The second-order valence-corrected chi connectivity index (χ2v) is 4.19. The molecule has 2 rings (SSSR count). The minimum Gasteiger partial charge on any atom is -0.508 e. The Bertz CT molecular complexity index is 389. The monoisotopic (exact) mass is 235 g/mol. The first-order valence-electron chi connectivity index (χ1n) is 5.77. The lowest BCUT2D eigenvalue weighted by Crippen LogP contribution is -2.42. The highest BCUT2D eigenvalue weighted by atomic mass is 16.3. The maximum Gasteiger partial charge on any atom is 0.315 e. The molecule has 1 heterocycles. The number of hydrogen-bond acceptors (Lipinski definition) is 3. The highest BCUT2D eigenvalue weighted by Gasteiger charge is 2.15. The molecule has 1 aliphatic heterocycles. The van der Waals surface area contributed by atoms with Crippen LogP contribution in [0.2, 0.25) is 0 Å². The van der Waals surface area contributed by atoms with Gasteiger partial charge in [-0.1, -0.05) is 12.1 Å². The number of urea groups is 1. The zero-order chi connectivity index (χ0) is 12.1. The Balaban J connectivity index is 1.75. The summed E-state index contributed by atoms with van der Waals surface area (Å²) in [7, 11) is 0. The second-order valence-electron chi connectivity index (χ2n) is 4.19. The molecule has 0 unspecified atom stereocenters. The van der Waals surface area contributed by atoms with E-state index in [1.807, 2.05) is 6.07 Å². The number of hydrogen-bond donors (Lipinski definition) is 4. The topological polar surface area (TPSA) is 73.4 Å². The molecular formula is C12H17N3O2. The van der Waals surface area contributed by atoms with Crippen LogP contribution in [0.15, 0.2) is 24.3 Å². The van der Waals surface area contributed by atoms with Crippen LogP contribution in [0.4, 0.5) is 4.79 Å². The third-order valence-electron chi connectivity index (χ3n) is 2.76. The van der Waals surface area contributed by atoms with Crippen LogP contribution in [-0.2, 0) is 6.54 Å². The third-order valence-corrected chi connectivity index (χ3v) is 2.76. The van der Waals surface area contributed by atoms with E-state index in [9.17, 15) is 9.90 Å². The Hall–Kier alpha value is -1.75. The highest BCUT2D eigenvalue weighted by molar-refractivity contribution is 5.74. The fourth-order valence-corrected chi connectivity index (χ4v) is 1.86. The van der Waals surface area contributed by atoms with Crippen molar-refractivity contribution in [2.75, 3.05) is 13.1 Å². The zero-order valence-corrected chi connectivity index (χ0v) is 9.57. The van der Waals surface area contributed by atoms with Crippen molar-refractivity contribution in [3.8, 4) is 5.75 Å². The van der Waals surface area contributed by atoms with Gasteiger partial charge in [0, 0.05) is 19.1 Å². The standard InChI is InChI=1S/C12H17N3O2/c16-11-3-1-2-9(6-11)7-14-12(17)15-10-4-5-13-8-10/h1-3,6,10,13,16H,4-5,7-8H2,(H2,14,15,17)/t10-/m1/s1. The molecule has 1 aliphatic rings. The number of rotatable bonds is 3. The fourth-order valence-electron chi connectivity index (χ4n) is 1.86. The van der Waals surface area contributed by atoms with Crippen LogP contribution < -0.4 is 16.0 Å². The minimum absolute atomic E-state index is 0.165. The quantitative estimate of drug-likeness (QED) is 0.618. The molecule has 1 aromatic rings. The van der Waals surface area contributed by atoms with Gasteiger partial charge in [-0.05, 0) is 30.7 Å². The zero-order valence-electron chi connectivity index (χ0n) is 9.57. The SMILES string of the molecule is O=C(NCc1cccc(O)c1)N[C@@H]1CCNC1. The van der Waals surface area contributed by atoms with E-state index in [0.717, 1.165) is 25.1 Å². The molecule has 1 saturated heterocycles. The first-order chi connectivity index (χ1) is 8.24. The van der Waals surface area contributed by atoms with E-state index in [1.165, 1.54) is 0 Å². The summed E-state index contributed by atoms with van der Waals surface area (Å²) in [5.74, 6) is 0.213. The van der Waals surface area contributed by atoms with Gasteiger partial charge in [0.15, 0.2) is 0 Å². The van der Waals surface area contributed by atoms with Gasteiger partial charge in [0.05, 0.1) is 0 Å². The number of aromatic hydroxyl groups is 1. The van der Waals surface area contributed by atoms with Gasteiger partial charge in [-0.25, -0.2) is 4.79 Å². The van der Waals surface area contributed by atoms with Gasteiger partial charge >= 0.3 is 6.03 Å². The van der Waals surface area contributed by atoms with E-state index in [-0.39, 0.29) is 17.8 Å². The summed E-state index contributed by atoms with van der Waals surface area (Å²) in [6.07, 6.45) is 0.972. The number of phenols is 1. The van der Waals surface area contributed by atoms with E-state index in [1.54, 1.807) is 18.2 Å². The number of carbonyl (C=O) groups is 1. The molecule has 2 amide bonds. The first-order valence-corrected chi connectivity index (χ1v) is 5.77. The van der Waals surface area contributed by atoms with E-state index in [0.29, 0.717) is 6.54 Å². The summed E-state index contributed by atoms with van der Waals surface area (Å²) < 4.78 is 0. The number of benzene rings is 1. The van der Waals surface area contributed by atoms with Crippen molar-refractivity contribution in [1.29, 1.82) is 0 Å². The Morgan fingerprint density at radius 2 is 2.41 bits per heavy atom. The van der Waals surface area contributed by atoms with Crippen LogP contribution in [0, 0.1) is 0 Å². The number of phenolic OH excluding ortho intramolecular Hbond substituents is 1. The van der Waals surface area contributed by atoms with Gasteiger partial charge in [0.25, 0.3) is 0 Å². The predicted molar refractivity (Wildman–Crippen MR) is 64.8 cm³/mol. The lowest BCUT2D eigenvalue weighted by atomic mass is 10.2. The summed E-state index contributed by atoms with van der Waals surface area (Å²) in [4.78, 5) is 11.5. The maximum atomic E-state index is 11.5. The minimum atomic E-state index is -0.165. The molecule has 0 aliphatic carbocycles. The Morgan fingerprint density at radius 1 is 1.53 bits per heavy atom. The van der Waals surface area contributed by atoms with Crippen LogP contribution in [-0.4, -0.2) is 30.3 Å². The van der Waals surface area contributed by atoms with Crippen molar-refractivity contribution in [1.82, 2.24) is 16.0 Å². The van der Waals surface area contributed by atoms with Crippen LogP contribution in [0.25, 0.3) is 0 Å². The molecule has 17 heavy (non-hydrogen) atoms. The van der Waals surface area contributed by atoms with Crippen molar-refractivity contribution in [3.05, 3.63) is 29.8 Å². The predicted octanol–water partition coefficient (Wildman–Crippen LogP) is 0.553. The van der Waals surface area contributed by atoms with Crippen LogP contribution >= 0.6 is 0 Å². The van der Waals surface area contributed by atoms with Crippen LogP contribution in [0.5, 0.6) is 5.75 Å². The Labute approximate surface area is 100 Å². The van der Waals surface area contributed by atoms with Gasteiger partial charge in [-0.15, -0.1) is 0 Å². The maximum absolute atomic E-state index is 11.5. The van der Waals surface area contributed by atoms with Crippen molar-refractivity contribution < 1.29 is 9.90 Å². The number of amides is 2. The lowest BCUT2D eigenvalue weighted by molar-refractivity contribution is 0.237. The van der Waals surface area contributed by atoms with Crippen molar-refractivity contribution in [2.45, 2.75) is 19.0 Å². The summed E-state index contributed by atoms with van der Waals surface area (Å²) in [6, 6.07) is 6.91. The molecule has 1 aromatic carbocycles. The van der Waals surface area contributed by atoms with Gasteiger partial charge in [-0.2, -0.15) is 0 Å². The molecule has 5 heteroatoms. The van der Waals surface area contributed by atoms with Gasteiger partial charge in [0.1, 0.15) is 5.75 Å². The summed E-state index contributed by atoms with van der Waals surface area (Å²) >= 11 is 0.